The third-order valence-corrected chi connectivity index (χ3v) is 2.45. The fourth-order valence-corrected chi connectivity index (χ4v) is 1.48. The van der Waals surface area contributed by atoms with E-state index in [1.807, 2.05) is 18.2 Å². The number of benzene rings is 1. The van der Waals surface area contributed by atoms with Gasteiger partial charge in [-0.2, -0.15) is 5.26 Å². The van der Waals surface area contributed by atoms with E-state index in [4.69, 9.17) is 15.7 Å². The highest BCUT2D eigenvalue weighted by Crippen LogP contribution is 2.12. The lowest BCUT2D eigenvalue weighted by Crippen LogP contribution is -2.12. The third kappa shape index (κ3) is 3.89. The average molecular weight is 254 g/mol. The molecule has 0 amide bonds. The maximum atomic E-state index is 8.65. The minimum Gasteiger partial charge on any atom is -0.492 e. The lowest BCUT2D eigenvalue weighted by molar-refractivity contribution is 0.333. The van der Waals surface area contributed by atoms with Crippen molar-refractivity contribution >= 4 is 11.5 Å². The van der Waals surface area contributed by atoms with Crippen LogP contribution in [0.25, 0.3) is 0 Å². The Balaban J connectivity index is 1.74. The van der Waals surface area contributed by atoms with Crippen LogP contribution in [0.1, 0.15) is 5.56 Å². The number of hydrogen-bond donors (Lipinski definition) is 2. The van der Waals surface area contributed by atoms with Gasteiger partial charge in [-0.05, 0) is 36.4 Å². The summed E-state index contributed by atoms with van der Waals surface area (Å²) in [7, 11) is 0. The summed E-state index contributed by atoms with van der Waals surface area (Å²) in [5.74, 6) is 1.50. The number of hydrogen-bond acceptors (Lipinski definition) is 5. The molecule has 0 radical (unpaired) electrons. The highest BCUT2D eigenvalue weighted by Gasteiger charge is 1.96. The van der Waals surface area contributed by atoms with Crippen molar-refractivity contribution in [2.45, 2.75) is 0 Å². The van der Waals surface area contributed by atoms with Crippen LogP contribution in [0.3, 0.4) is 0 Å². The Hall–Kier alpha value is -2.74. The Labute approximate surface area is 111 Å². The van der Waals surface area contributed by atoms with Crippen LogP contribution in [0.15, 0.2) is 42.6 Å². The topological polar surface area (TPSA) is 84.0 Å². The first kappa shape index (κ1) is 12.7. The number of rotatable bonds is 5. The standard InChI is InChI=1S/C14H14N4O/c15-9-11-1-6-14(18-10-11)17-7-8-19-13-4-2-12(16)3-5-13/h1-6,10H,7-8,16H2,(H,17,18). The second-order valence-electron chi connectivity index (χ2n) is 3.89. The molecule has 5 heteroatoms. The van der Waals surface area contributed by atoms with Gasteiger partial charge in [0.2, 0.25) is 0 Å². The Morgan fingerprint density at radius 3 is 2.63 bits per heavy atom. The Morgan fingerprint density at radius 1 is 1.21 bits per heavy atom. The molecule has 0 fully saturated rings. The molecule has 0 unspecified atom stereocenters. The first-order valence-electron chi connectivity index (χ1n) is 5.86. The van der Waals surface area contributed by atoms with Crippen LogP contribution in [0.4, 0.5) is 11.5 Å². The average Bonchev–Trinajstić information content (AvgIpc) is 2.46. The number of nitrogens with zero attached hydrogens (tertiary/aromatic N) is 2. The second kappa shape index (κ2) is 6.26. The van der Waals surface area contributed by atoms with Crippen LogP contribution in [0.2, 0.25) is 0 Å². The molecule has 0 aliphatic heterocycles. The molecule has 0 aliphatic carbocycles. The van der Waals surface area contributed by atoms with E-state index in [1.165, 1.54) is 6.20 Å². The lowest BCUT2D eigenvalue weighted by atomic mass is 10.3. The maximum Gasteiger partial charge on any atom is 0.126 e. The van der Waals surface area contributed by atoms with Gasteiger partial charge in [0.15, 0.2) is 0 Å². The molecule has 0 atom stereocenters. The van der Waals surface area contributed by atoms with Crippen LogP contribution in [-0.2, 0) is 0 Å². The van der Waals surface area contributed by atoms with Crippen molar-refractivity contribution in [3.63, 3.8) is 0 Å². The predicted octanol–water partition coefficient (Wildman–Crippen LogP) is 2.03. The molecule has 0 aliphatic rings. The molecular formula is C14H14N4O. The van der Waals surface area contributed by atoms with Crippen LogP contribution in [0.5, 0.6) is 5.75 Å². The van der Waals surface area contributed by atoms with Crippen molar-refractivity contribution in [1.29, 1.82) is 5.26 Å². The summed E-state index contributed by atoms with van der Waals surface area (Å²) in [6, 6.07) is 12.8. The number of nitrogens with one attached hydrogen (secondary N) is 1. The molecule has 96 valence electrons. The molecule has 2 rings (SSSR count). The van der Waals surface area contributed by atoms with Crippen molar-refractivity contribution in [1.82, 2.24) is 4.98 Å². The number of ether oxygens (including phenoxy) is 1. The van der Waals surface area contributed by atoms with Crippen molar-refractivity contribution in [2.75, 3.05) is 24.2 Å². The minimum absolute atomic E-state index is 0.519. The van der Waals surface area contributed by atoms with Gasteiger partial charge in [0.1, 0.15) is 24.2 Å². The predicted molar refractivity (Wildman–Crippen MR) is 73.8 cm³/mol. The van der Waals surface area contributed by atoms with E-state index in [9.17, 15) is 0 Å². The van der Waals surface area contributed by atoms with E-state index in [0.717, 1.165) is 11.6 Å². The molecule has 0 spiro atoms. The number of nitriles is 1. The highest BCUT2D eigenvalue weighted by molar-refractivity contribution is 5.41. The molecule has 5 nitrogen and oxygen atoms in total. The van der Waals surface area contributed by atoms with Crippen molar-refractivity contribution in [3.8, 4) is 11.8 Å². The van der Waals surface area contributed by atoms with Crippen LogP contribution >= 0.6 is 0 Å². The Morgan fingerprint density at radius 2 is 2.00 bits per heavy atom. The molecule has 0 saturated carbocycles. The molecule has 1 heterocycles. The molecule has 3 N–H and O–H groups in total. The van der Waals surface area contributed by atoms with Gasteiger partial charge in [-0.15, -0.1) is 0 Å². The highest BCUT2D eigenvalue weighted by atomic mass is 16.5. The summed E-state index contributed by atoms with van der Waals surface area (Å²) in [5.41, 5.74) is 6.84. The van der Waals surface area contributed by atoms with Gasteiger partial charge in [-0.25, -0.2) is 4.98 Å². The van der Waals surface area contributed by atoms with Crippen LogP contribution in [-0.4, -0.2) is 18.1 Å². The van der Waals surface area contributed by atoms with E-state index < -0.39 is 0 Å². The second-order valence-corrected chi connectivity index (χ2v) is 3.89. The lowest BCUT2D eigenvalue weighted by Gasteiger charge is -2.08. The fourth-order valence-electron chi connectivity index (χ4n) is 1.48. The van der Waals surface area contributed by atoms with Crippen molar-refractivity contribution in [2.24, 2.45) is 0 Å². The van der Waals surface area contributed by atoms with Gasteiger partial charge in [-0.3, -0.25) is 0 Å². The van der Waals surface area contributed by atoms with Crippen molar-refractivity contribution < 1.29 is 4.74 Å². The molecule has 19 heavy (non-hydrogen) atoms. The van der Waals surface area contributed by atoms with Crippen LogP contribution < -0.4 is 15.8 Å². The fraction of sp³-hybridized carbons (Fsp3) is 0.143. The summed E-state index contributed by atoms with van der Waals surface area (Å²) >= 11 is 0. The molecule has 2 aromatic rings. The number of anilines is 2. The minimum atomic E-state index is 0.519. The largest absolute Gasteiger partial charge is 0.492 e. The Kier molecular flexibility index (Phi) is 4.19. The molecule has 1 aromatic carbocycles. The number of nitrogen functional groups attached to an aromatic ring is 1. The molecule has 0 saturated heterocycles. The SMILES string of the molecule is N#Cc1ccc(NCCOc2ccc(N)cc2)nc1. The Bertz CT molecular complexity index is 557. The summed E-state index contributed by atoms with van der Waals surface area (Å²) in [6.45, 7) is 1.15. The normalized spacial score (nSPS) is 9.63. The van der Waals surface area contributed by atoms with Gasteiger partial charge in [-0.1, -0.05) is 0 Å². The van der Waals surface area contributed by atoms with Gasteiger partial charge < -0.3 is 15.8 Å². The summed E-state index contributed by atoms with van der Waals surface area (Å²) in [6.07, 6.45) is 1.53. The zero-order valence-corrected chi connectivity index (χ0v) is 10.3. The van der Waals surface area contributed by atoms with E-state index in [-0.39, 0.29) is 0 Å². The number of aromatic nitrogens is 1. The number of nitrogens with two attached hydrogens (primary N) is 1. The first-order chi connectivity index (χ1) is 9.28. The van der Waals surface area contributed by atoms with E-state index in [0.29, 0.717) is 24.4 Å². The molecule has 0 bridgehead atoms. The maximum absolute atomic E-state index is 8.65. The van der Waals surface area contributed by atoms with Crippen LogP contribution in [0, 0.1) is 11.3 Å². The summed E-state index contributed by atoms with van der Waals surface area (Å²) in [5, 5.41) is 11.8. The zero-order valence-electron chi connectivity index (χ0n) is 10.3. The zero-order chi connectivity index (χ0) is 13.5. The smallest absolute Gasteiger partial charge is 0.126 e. The van der Waals surface area contributed by atoms with E-state index >= 15 is 0 Å². The van der Waals surface area contributed by atoms with Gasteiger partial charge >= 0.3 is 0 Å². The quantitative estimate of drug-likeness (QED) is 0.630. The van der Waals surface area contributed by atoms with Crippen molar-refractivity contribution in [3.05, 3.63) is 48.2 Å². The van der Waals surface area contributed by atoms with E-state index in [2.05, 4.69) is 10.3 Å². The summed E-state index contributed by atoms with van der Waals surface area (Å²) < 4.78 is 5.53. The monoisotopic (exact) mass is 254 g/mol. The first-order valence-corrected chi connectivity index (χ1v) is 5.86. The third-order valence-electron chi connectivity index (χ3n) is 2.45. The van der Waals surface area contributed by atoms with Gasteiger partial charge in [0.05, 0.1) is 12.1 Å². The summed E-state index contributed by atoms with van der Waals surface area (Å²) in [4.78, 5) is 4.10. The molecule has 1 aromatic heterocycles. The van der Waals surface area contributed by atoms with E-state index in [1.54, 1.807) is 24.3 Å². The van der Waals surface area contributed by atoms with Gasteiger partial charge in [0.25, 0.3) is 0 Å². The molecular weight excluding hydrogens is 240 g/mol. The van der Waals surface area contributed by atoms with Gasteiger partial charge in [0, 0.05) is 11.9 Å². The number of pyridine rings is 1.